The first-order valence-corrected chi connectivity index (χ1v) is 8.56. The minimum Gasteiger partial charge on any atom is -0.374 e. The van der Waals surface area contributed by atoms with Crippen LogP contribution in [0.2, 0.25) is 0 Å². The molecule has 0 heterocycles. The molecule has 1 N–H and O–H groups in total. The Kier molecular flexibility index (Phi) is 8.72. The second-order valence-corrected chi connectivity index (χ2v) is 6.54. The van der Waals surface area contributed by atoms with E-state index in [2.05, 4.69) is 26.1 Å². The number of nitrogens with one attached hydrogen (secondary N) is 1. The highest BCUT2D eigenvalue weighted by molar-refractivity contribution is 4.89. The summed E-state index contributed by atoms with van der Waals surface area (Å²) in [6.45, 7) is 8.72. The topological polar surface area (TPSA) is 21.3 Å². The maximum atomic E-state index is 6.29. The van der Waals surface area contributed by atoms with E-state index in [1.807, 2.05) is 0 Å². The third kappa shape index (κ3) is 7.31. The van der Waals surface area contributed by atoms with Gasteiger partial charge in [0.05, 0.1) is 5.60 Å². The van der Waals surface area contributed by atoms with Crippen LogP contribution in [0, 0.1) is 0 Å². The number of unbranched alkanes of at least 4 members (excludes halogenated alkanes) is 5. The van der Waals surface area contributed by atoms with Gasteiger partial charge in [-0.15, -0.1) is 0 Å². The monoisotopic (exact) mass is 269 g/mol. The van der Waals surface area contributed by atoms with Crippen LogP contribution >= 0.6 is 0 Å². The molecule has 0 saturated heterocycles. The highest BCUT2D eigenvalue weighted by Crippen LogP contribution is 2.33. The maximum absolute atomic E-state index is 6.29. The van der Waals surface area contributed by atoms with E-state index < -0.39 is 0 Å². The van der Waals surface area contributed by atoms with E-state index in [1.54, 1.807) is 0 Å². The second-order valence-electron chi connectivity index (χ2n) is 6.54. The summed E-state index contributed by atoms with van der Waals surface area (Å²) in [6.07, 6.45) is 13.3. The molecule has 1 aliphatic carbocycles. The normalized spacial score (nSPS) is 18.3. The Labute approximate surface area is 120 Å². The van der Waals surface area contributed by atoms with Crippen LogP contribution in [-0.4, -0.2) is 24.8 Å². The maximum Gasteiger partial charge on any atom is 0.0806 e. The van der Waals surface area contributed by atoms with Crippen molar-refractivity contribution in [1.29, 1.82) is 0 Å². The third-order valence-electron chi connectivity index (χ3n) is 4.25. The number of hydrogen-bond donors (Lipinski definition) is 1. The quantitative estimate of drug-likeness (QED) is 0.550. The average Bonchev–Trinajstić information content (AvgIpc) is 2.85. The van der Waals surface area contributed by atoms with Gasteiger partial charge in [0.2, 0.25) is 0 Å². The summed E-state index contributed by atoms with van der Waals surface area (Å²) in [5, 5.41) is 3.57. The van der Waals surface area contributed by atoms with Gasteiger partial charge in [-0.3, -0.25) is 0 Å². The molecule has 0 unspecified atom stereocenters. The van der Waals surface area contributed by atoms with E-state index in [9.17, 15) is 0 Å². The summed E-state index contributed by atoms with van der Waals surface area (Å²) < 4.78 is 6.29. The summed E-state index contributed by atoms with van der Waals surface area (Å²) in [5.74, 6) is 0. The molecule has 1 aliphatic rings. The molecule has 0 aromatic rings. The molecule has 0 bridgehead atoms. The molecule has 19 heavy (non-hydrogen) atoms. The largest absolute Gasteiger partial charge is 0.374 e. The van der Waals surface area contributed by atoms with Gasteiger partial charge in [-0.1, -0.05) is 65.7 Å². The molecule has 0 aromatic carbocycles. The number of ether oxygens (including phenoxy) is 1. The van der Waals surface area contributed by atoms with E-state index in [-0.39, 0.29) is 5.60 Å². The predicted octanol–water partition coefficient (Wildman–Crippen LogP) is 4.67. The van der Waals surface area contributed by atoms with Crippen LogP contribution in [-0.2, 0) is 4.74 Å². The van der Waals surface area contributed by atoms with E-state index >= 15 is 0 Å². The van der Waals surface area contributed by atoms with E-state index in [0.717, 1.165) is 13.2 Å². The van der Waals surface area contributed by atoms with Crippen molar-refractivity contribution in [1.82, 2.24) is 5.32 Å². The van der Waals surface area contributed by atoms with Crippen molar-refractivity contribution in [3.63, 3.8) is 0 Å². The summed E-state index contributed by atoms with van der Waals surface area (Å²) in [6, 6.07) is 0.565. The standard InChI is InChI=1S/C17H35NO/c1-4-5-6-7-8-11-14-19-17(12-9-10-13-17)15-18-16(2)3/h16,18H,4-15H2,1-3H3. The van der Waals surface area contributed by atoms with Gasteiger partial charge in [0.25, 0.3) is 0 Å². The van der Waals surface area contributed by atoms with Crippen molar-refractivity contribution in [2.24, 2.45) is 0 Å². The summed E-state index contributed by atoms with van der Waals surface area (Å²) in [4.78, 5) is 0. The summed E-state index contributed by atoms with van der Waals surface area (Å²) >= 11 is 0. The molecule has 0 amide bonds. The van der Waals surface area contributed by atoms with Gasteiger partial charge in [0, 0.05) is 19.2 Å². The van der Waals surface area contributed by atoms with E-state index in [4.69, 9.17) is 4.74 Å². The molecule has 0 spiro atoms. The van der Waals surface area contributed by atoms with Crippen molar-refractivity contribution >= 4 is 0 Å². The fourth-order valence-corrected chi connectivity index (χ4v) is 2.95. The van der Waals surface area contributed by atoms with Gasteiger partial charge in [-0.2, -0.15) is 0 Å². The molecular weight excluding hydrogens is 234 g/mol. The van der Waals surface area contributed by atoms with E-state index in [0.29, 0.717) is 6.04 Å². The first kappa shape index (κ1) is 17.0. The zero-order valence-electron chi connectivity index (χ0n) is 13.5. The zero-order valence-corrected chi connectivity index (χ0v) is 13.5. The Balaban J connectivity index is 2.12. The molecule has 2 nitrogen and oxygen atoms in total. The molecule has 0 radical (unpaired) electrons. The highest BCUT2D eigenvalue weighted by atomic mass is 16.5. The van der Waals surface area contributed by atoms with Gasteiger partial charge < -0.3 is 10.1 Å². The van der Waals surface area contributed by atoms with Gasteiger partial charge in [-0.25, -0.2) is 0 Å². The molecule has 0 aliphatic heterocycles. The molecule has 2 heteroatoms. The Morgan fingerprint density at radius 1 is 1.00 bits per heavy atom. The molecule has 1 saturated carbocycles. The van der Waals surface area contributed by atoms with Crippen molar-refractivity contribution in [2.75, 3.05) is 13.2 Å². The third-order valence-corrected chi connectivity index (χ3v) is 4.25. The first-order valence-electron chi connectivity index (χ1n) is 8.56. The summed E-state index contributed by atoms with van der Waals surface area (Å²) in [7, 11) is 0. The average molecular weight is 269 g/mol. The minimum atomic E-state index is 0.160. The van der Waals surface area contributed by atoms with Crippen LogP contribution in [0.15, 0.2) is 0 Å². The molecule has 0 atom stereocenters. The molecule has 114 valence electrons. The van der Waals surface area contributed by atoms with Crippen LogP contribution in [0.4, 0.5) is 0 Å². The van der Waals surface area contributed by atoms with Gasteiger partial charge in [0.15, 0.2) is 0 Å². The van der Waals surface area contributed by atoms with Crippen molar-refractivity contribution in [3.8, 4) is 0 Å². The van der Waals surface area contributed by atoms with Crippen LogP contribution in [0.3, 0.4) is 0 Å². The smallest absolute Gasteiger partial charge is 0.0806 e. The summed E-state index contributed by atoms with van der Waals surface area (Å²) in [5.41, 5.74) is 0.160. The van der Waals surface area contributed by atoms with Crippen molar-refractivity contribution in [2.45, 2.75) is 96.6 Å². The number of hydrogen-bond acceptors (Lipinski definition) is 2. The van der Waals surface area contributed by atoms with Gasteiger partial charge in [-0.05, 0) is 19.3 Å². The molecule has 0 aromatic heterocycles. The Morgan fingerprint density at radius 2 is 1.63 bits per heavy atom. The fraction of sp³-hybridized carbons (Fsp3) is 1.00. The Morgan fingerprint density at radius 3 is 2.26 bits per heavy atom. The lowest BCUT2D eigenvalue weighted by atomic mass is 10.0. The molecular formula is C17H35NO. The van der Waals surface area contributed by atoms with E-state index in [1.165, 1.54) is 64.2 Å². The Hall–Kier alpha value is -0.0800. The van der Waals surface area contributed by atoms with Gasteiger partial charge >= 0.3 is 0 Å². The molecule has 1 fully saturated rings. The van der Waals surface area contributed by atoms with Crippen LogP contribution < -0.4 is 5.32 Å². The first-order chi connectivity index (χ1) is 9.18. The van der Waals surface area contributed by atoms with Gasteiger partial charge in [0.1, 0.15) is 0 Å². The second kappa shape index (κ2) is 9.77. The zero-order chi connectivity index (χ0) is 14.0. The lowest BCUT2D eigenvalue weighted by Gasteiger charge is -2.31. The van der Waals surface area contributed by atoms with Crippen LogP contribution in [0.5, 0.6) is 0 Å². The van der Waals surface area contributed by atoms with Crippen LogP contribution in [0.25, 0.3) is 0 Å². The lowest BCUT2D eigenvalue weighted by Crippen LogP contribution is -2.43. The Bertz CT molecular complexity index is 209. The minimum absolute atomic E-state index is 0.160. The van der Waals surface area contributed by atoms with Crippen LogP contribution in [0.1, 0.15) is 85.0 Å². The highest BCUT2D eigenvalue weighted by Gasteiger charge is 2.34. The van der Waals surface area contributed by atoms with Crippen molar-refractivity contribution < 1.29 is 4.74 Å². The predicted molar refractivity (Wildman–Crippen MR) is 83.7 cm³/mol. The lowest BCUT2D eigenvalue weighted by molar-refractivity contribution is -0.0418. The SMILES string of the molecule is CCCCCCCCOC1(CNC(C)C)CCCC1. The number of rotatable bonds is 11. The fourth-order valence-electron chi connectivity index (χ4n) is 2.95. The van der Waals surface area contributed by atoms with Crippen molar-refractivity contribution in [3.05, 3.63) is 0 Å². The molecule has 1 rings (SSSR count).